The number of hydrazone groups is 1. The first-order valence-corrected chi connectivity index (χ1v) is 13.0. The summed E-state index contributed by atoms with van der Waals surface area (Å²) in [5.74, 6) is 0.347. The minimum absolute atomic E-state index is 0.0924. The first-order chi connectivity index (χ1) is 19.9. The Balaban J connectivity index is 1.24. The fourth-order valence-electron chi connectivity index (χ4n) is 3.83. The molecule has 206 valence electrons. The highest BCUT2D eigenvalue weighted by molar-refractivity contribution is 9.10. The Morgan fingerprint density at radius 2 is 1.63 bits per heavy atom. The molecule has 1 aliphatic rings. The van der Waals surface area contributed by atoms with Gasteiger partial charge in [0.2, 0.25) is 6.79 Å². The number of hydrogen-bond acceptors (Lipinski definition) is 8. The summed E-state index contributed by atoms with van der Waals surface area (Å²) in [5, 5.41) is 6.79. The van der Waals surface area contributed by atoms with E-state index in [1.54, 1.807) is 78.9 Å². The highest BCUT2D eigenvalue weighted by Gasteiger charge is 2.18. The van der Waals surface area contributed by atoms with Gasteiger partial charge >= 0.3 is 5.97 Å². The molecule has 4 aromatic rings. The van der Waals surface area contributed by atoms with E-state index in [2.05, 4.69) is 31.8 Å². The van der Waals surface area contributed by atoms with Crippen LogP contribution in [-0.4, -0.2) is 37.9 Å². The van der Waals surface area contributed by atoms with Gasteiger partial charge in [0.15, 0.2) is 11.5 Å². The molecular formula is C30H22BrN3O7. The van der Waals surface area contributed by atoms with Crippen molar-refractivity contribution >= 4 is 45.6 Å². The van der Waals surface area contributed by atoms with Crippen molar-refractivity contribution in [1.82, 2.24) is 5.43 Å². The Labute approximate surface area is 243 Å². The van der Waals surface area contributed by atoms with Crippen LogP contribution in [0.25, 0.3) is 0 Å². The summed E-state index contributed by atoms with van der Waals surface area (Å²) in [7, 11) is 1.52. The van der Waals surface area contributed by atoms with Gasteiger partial charge in [0.25, 0.3) is 11.8 Å². The molecule has 0 saturated carbocycles. The molecule has 0 aromatic heterocycles. The van der Waals surface area contributed by atoms with Crippen LogP contribution in [0.2, 0.25) is 0 Å². The summed E-state index contributed by atoms with van der Waals surface area (Å²) >= 11 is 3.39. The fraction of sp³-hybridized carbons (Fsp3) is 0.0667. The Kier molecular flexibility index (Phi) is 8.26. The second-order valence-electron chi connectivity index (χ2n) is 8.61. The van der Waals surface area contributed by atoms with Gasteiger partial charge in [-0.3, -0.25) is 9.59 Å². The SMILES string of the molecule is COc1cccc(C(=O)Nc2cccc(C(=O)NN=Cc3cc(Br)ccc3OC(=O)c3ccc4c(c3)OCO4)c2)c1. The molecule has 0 bridgehead atoms. The summed E-state index contributed by atoms with van der Waals surface area (Å²) in [6, 6.07) is 22.9. The summed E-state index contributed by atoms with van der Waals surface area (Å²) < 4.78 is 22.1. The predicted octanol–water partition coefficient (Wildman–Crippen LogP) is 5.42. The number of benzene rings is 4. The topological polar surface area (TPSA) is 125 Å². The van der Waals surface area contributed by atoms with Gasteiger partial charge in [-0.05, 0) is 72.8 Å². The lowest BCUT2D eigenvalue weighted by atomic mass is 10.1. The maximum atomic E-state index is 12.8. The molecule has 0 radical (unpaired) electrons. The van der Waals surface area contributed by atoms with Crippen LogP contribution in [0, 0.1) is 0 Å². The minimum Gasteiger partial charge on any atom is -0.497 e. The quantitative estimate of drug-likeness (QED) is 0.117. The summed E-state index contributed by atoms with van der Waals surface area (Å²) in [5.41, 5.74) is 4.28. The first kappa shape index (κ1) is 27.4. The lowest BCUT2D eigenvalue weighted by Crippen LogP contribution is -2.18. The number of nitrogens with zero attached hydrogens (tertiary/aromatic N) is 1. The van der Waals surface area contributed by atoms with Crippen LogP contribution in [-0.2, 0) is 0 Å². The van der Waals surface area contributed by atoms with Crippen molar-refractivity contribution in [2.45, 2.75) is 0 Å². The molecule has 0 spiro atoms. The van der Waals surface area contributed by atoms with Crippen molar-refractivity contribution in [1.29, 1.82) is 0 Å². The van der Waals surface area contributed by atoms with Crippen LogP contribution in [0.15, 0.2) is 94.5 Å². The molecular weight excluding hydrogens is 594 g/mol. The van der Waals surface area contributed by atoms with Crippen LogP contribution in [0.4, 0.5) is 5.69 Å². The van der Waals surface area contributed by atoms with E-state index in [9.17, 15) is 14.4 Å². The lowest BCUT2D eigenvalue weighted by Gasteiger charge is -2.09. The molecule has 11 heteroatoms. The van der Waals surface area contributed by atoms with E-state index in [-0.39, 0.29) is 29.6 Å². The van der Waals surface area contributed by atoms with Crippen molar-refractivity contribution in [2.75, 3.05) is 19.2 Å². The number of halogens is 1. The third-order valence-corrected chi connectivity index (χ3v) is 6.36. The van der Waals surface area contributed by atoms with E-state index in [1.807, 2.05) is 0 Å². The van der Waals surface area contributed by atoms with Gasteiger partial charge in [-0.15, -0.1) is 0 Å². The van der Waals surface area contributed by atoms with E-state index in [0.717, 1.165) is 0 Å². The zero-order chi connectivity index (χ0) is 28.8. The molecule has 0 atom stereocenters. The lowest BCUT2D eigenvalue weighted by molar-refractivity contribution is 0.0733. The molecule has 2 amide bonds. The molecule has 5 rings (SSSR count). The van der Waals surface area contributed by atoms with Crippen molar-refractivity contribution in [3.8, 4) is 23.0 Å². The summed E-state index contributed by atoms with van der Waals surface area (Å²) in [6.07, 6.45) is 1.36. The largest absolute Gasteiger partial charge is 0.497 e. The van der Waals surface area contributed by atoms with Crippen molar-refractivity contribution in [2.24, 2.45) is 5.10 Å². The van der Waals surface area contributed by atoms with Crippen LogP contribution < -0.4 is 29.7 Å². The second kappa shape index (κ2) is 12.3. The first-order valence-electron chi connectivity index (χ1n) is 12.2. The Bertz CT molecular complexity index is 1670. The highest BCUT2D eigenvalue weighted by atomic mass is 79.9. The molecule has 10 nitrogen and oxygen atoms in total. The maximum absolute atomic E-state index is 12.8. The average molecular weight is 616 g/mol. The number of methoxy groups -OCH3 is 1. The Morgan fingerprint density at radius 3 is 2.46 bits per heavy atom. The number of carbonyl (C=O) groups excluding carboxylic acids is 3. The molecule has 0 saturated heterocycles. The molecule has 41 heavy (non-hydrogen) atoms. The van der Waals surface area contributed by atoms with E-state index in [1.165, 1.54) is 19.4 Å². The Hall–Kier alpha value is -5.16. The van der Waals surface area contributed by atoms with Gasteiger partial charge in [-0.1, -0.05) is 28.1 Å². The van der Waals surface area contributed by atoms with Crippen molar-refractivity contribution < 1.29 is 33.3 Å². The molecule has 1 aliphatic heterocycles. The van der Waals surface area contributed by atoms with Crippen molar-refractivity contribution in [3.63, 3.8) is 0 Å². The number of hydrogen-bond donors (Lipinski definition) is 2. The van der Waals surface area contributed by atoms with E-state index >= 15 is 0 Å². The molecule has 1 heterocycles. The Morgan fingerprint density at radius 1 is 0.854 bits per heavy atom. The third-order valence-electron chi connectivity index (χ3n) is 5.87. The number of ether oxygens (including phenoxy) is 4. The predicted molar refractivity (Wildman–Crippen MR) is 154 cm³/mol. The highest BCUT2D eigenvalue weighted by Crippen LogP contribution is 2.33. The van der Waals surface area contributed by atoms with E-state index < -0.39 is 11.9 Å². The van der Waals surface area contributed by atoms with Gasteiger partial charge in [-0.2, -0.15) is 5.10 Å². The number of fused-ring (bicyclic) bond motifs is 1. The van der Waals surface area contributed by atoms with Crippen LogP contribution in [0.1, 0.15) is 36.6 Å². The second-order valence-corrected chi connectivity index (χ2v) is 9.52. The normalized spacial score (nSPS) is 11.7. The van der Waals surface area contributed by atoms with E-state index in [4.69, 9.17) is 18.9 Å². The standard InChI is InChI=1S/C30H22BrN3O7/c1-38-24-7-3-5-19(14-24)28(35)33-23-6-2-4-18(13-23)29(36)34-32-16-21-12-22(31)9-11-25(21)41-30(37)20-8-10-26-27(15-20)40-17-39-26/h2-16H,17H2,1H3,(H,33,35)(H,34,36). The van der Waals surface area contributed by atoms with Gasteiger partial charge in [-0.25, -0.2) is 10.2 Å². The summed E-state index contributed by atoms with van der Waals surface area (Å²) in [4.78, 5) is 38.2. The zero-order valence-corrected chi connectivity index (χ0v) is 23.1. The number of rotatable bonds is 8. The van der Waals surface area contributed by atoms with Gasteiger partial charge in [0.05, 0.1) is 18.9 Å². The van der Waals surface area contributed by atoms with Crippen LogP contribution >= 0.6 is 15.9 Å². The number of carbonyl (C=O) groups is 3. The zero-order valence-electron chi connectivity index (χ0n) is 21.6. The monoisotopic (exact) mass is 615 g/mol. The smallest absolute Gasteiger partial charge is 0.343 e. The molecule has 0 fully saturated rings. The van der Waals surface area contributed by atoms with E-state index in [0.29, 0.717) is 38.5 Å². The summed E-state index contributed by atoms with van der Waals surface area (Å²) in [6.45, 7) is 0.0924. The van der Waals surface area contributed by atoms with Crippen LogP contribution in [0.5, 0.6) is 23.0 Å². The maximum Gasteiger partial charge on any atom is 0.343 e. The van der Waals surface area contributed by atoms with Gasteiger partial charge < -0.3 is 24.3 Å². The van der Waals surface area contributed by atoms with Gasteiger partial charge in [0, 0.05) is 26.9 Å². The molecule has 2 N–H and O–H groups in total. The minimum atomic E-state index is -0.600. The number of anilines is 1. The molecule has 4 aromatic carbocycles. The molecule has 0 aliphatic carbocycles. The fourth-order valence-corrected chi connectivity index (χ4v) is 4.21. The number of esters is 1. The third kappa shape index (κ3) is 6.71. The van der Waals surface area contributed by atoms with Gasteiger partial charge in [0.1, 0.15) is 11.5 Å². The number of nitrogens with one attached hydrogen (secondary N) is 2. The average Bonchev–Trinajstić information content (AvgIpc) is 3.46. The van der Waals surface area contributed by atoms with Crippen molar-refractivity contribution in [3.05, 3.63) is 112 Å². The van der Waals surface area contributed by atoms with Crippen LogP contribution in [0.3, 0.4) is 0 Å². The number of amides is 2. The molecule has 0 unspecified atom stereocenters.